The van der Waals surface area contributed by atoms with Gasteiger partial charge in [-0.05, 0) is 45.4 Å². The van der Waals surface area contributed by atoms with Crippen molar-refractivity contribution in [2.45, 2.75) is 85.5 Å². The Morgan fingerprint density at radius 3 is 1.58 bits per heavy atom. The van der Waals surface area contributed by atoms with Gasteiger partial charge in [-0.25, -0.2) is 0 Å². The lowest BCUT2D eigenvalue weighted by molar-refractivity contribution is 0.527. The Kier molecular flexibility index (Phi) is 4.55. The molecule has 0 nitrogen and oxygen atoms in total. The molecule has 108 valence electrons. The normalized spacial score (nSPS) is 13.2. The minimum Gasteiger partial charge on any atom is -0.0613 e. The molecule has 0 aliphatic carbocycles. The molecule has 0 saturated carbocycles. The second-order valence-corrected chi connectivity index (χ2v) is 8.10. The Labute approximate surface area is 120 Å². The SMILES string of the molecule is CCc1cc(C(C)(C)C)c(C(C)(C)C)cc1C(C)C. The Balaban J connectivity index is 3.63. The van der Waals surface area contributed by atoms with E-state index in [-0.39, 0.29) is 10.8 Å². The highest BCUT2D eigenvalue weighted by molar-refractivity contribution is 5.46. The molecule has 0 fully saturated rings. The van der Waals surface area contributed by atoms with E-state index in [0.717, 1.165) is 6.42 Å². The van der Waals surface area contributed by atoms with E-state index in [1.54, 1.807) is 0 Å². The highest BCUT2D eigenvalue weighted by Crippen LogP contribution is 2.37. The summed E-state index contributed by atoms with van der Waals surface area (Å²) in [6, 6.07) is 4.94. The van der Waals surface area contributed by atoms with Crippen LogP contribution in [0.4, 0.5) is 0 Å². The van der Waals surface area contributed by atoms with Gasteiger partial charge in [0, 0.05) is 0 Å². The van der Waals surface area contributed by atoms with Gasteiger partial charge in [-0.1, -0.05) is 74.4 Å². The van der Waals surface area contributed by atoms with E-state index in [4.69, 9.17) is 0 Å². The predicted octanol–water partition coefficient (Wildman–Crippen LogP) is 5.97. The maximum Gasteiger partial charge on any atom is -0.0129 e. The molecule has 0 radical (unpaired) electrons. The average Bonchev–Trinajstić information content (AvgIpc) is 2.24. The van der Waals surface area contributed by atoms with E-state index in [2.05, 4.69) is 74.4 Å². The summed E-state index contributed by atoms with van der Waals surface area (Å²) in [5.74, 6) is 0.602. The smallest absolute Gasteiger partial charge is 0.0129 e. The molecule has 0 amide bonds. The van der Waals surface area contributed by atoms with Crippen LogP contribution in [0.15, 0.2) is 12.1 Å². The van der Waals surface area contributed by atoms with E-state index in [0.29, 0.717) is 5.92 Å². The monoisotopic (exact) mass is 260 g/mol. The quantitative estimate of drug-likeness (QED) is 0.614. The van der Waals surface area contributed by atoms with Crippen molar-refractivity contribution in [1.29, 1.82) is 0 Å². The second-order valence-electron chi connectivity index (χ2n) is 8.10. The van der Waals surface area contributed by atoms with Crippen molar-refractivity contribution in [3.05, 3.63) is 34.4 Å². The summed E-state index contributed by atoms with van der Waals surface area (Å²) in [4.78, 5) is 0. The molecule has 0 aliphatic rings. The molecule has 0 aliphatic heterocycles. The zero-order valence-electron chi connectivity index (χ0n) is 14.4. The highest BCUT2D eigenvalue weighted by atomic mass is 14.3. The van der Waals surface area contributed by atoms with Crippen molar-refractivity contribution in [2.75, 3.05) is 0 Å². The van der Waals surface area contributed by atoms with Crippen LogP contribution in [0.5, 0.6) is 0 Å². The molecule has 0 N–H and O–H groups in total. The first kappa shape index (κ1) is 16.3. The predicted molar refractivity (Wildman–Crippen MR) is 87.3 cm³/mol. The molecule has 0 saturated heterocycles. The van der Waals surface area contributed by atoms with Gasteiger partial charge in [0.1, 0.15) is 0 Å². The van der Waals surface area contributed by atoms with Crippen LogP contribution in [-0.4, -0.2) is 0 Å². The summed E-state index contributed by atoms with van der Waals surface area (Å²) < 4.78 is 0. The van der Waals surface area contributed by atoms with Crippen molar-refractivity contribution in [3.63, 3.8) is 0 Å². The zero-order chi connectivity index (χ0) is 15.0. The van der Waals surface area contributed by atoms with E-state index in [1.165, 1.54) is 22.3 Å². The summed E-state index contributed by atoms with van der Waals surface area (Å²) in [7, 11) is 0. The van der Waals surface area contributed by atoms with Crippen molar-refractivity contribution in [1.82, 2.24) is 0 Å². The van der Waals surface area contributed by atoms with Gasteiger partial charge in [0.2, 0.25) is 0 Å². The van der Waals surface area contributed by atoms with Gasteiger partial charge in [-0.15, -0.1) is 0 Å². The lowest BCUT2D eigenvalue weighted by Gasteiger charge is -2.32. The van der Waals surface area contributed by atoms with Crippen molar-refractivity contribution < 1.29 is 0 Å². The zero-order valence-corrected chi connectivity index (χ0v) is 14.4. The van der Waals surface area contributed by atoms with Gasteiger partial charge < -0.3 is 0 Å². The van der Waals surface area contributed by atoms with Crippen molar-refractivity contribution in [3.8, 4) is 0 Å². The third kappa shape index (κ3) is 3.61. The van der Waals surface area contributed by atoms with Crippen LogP contribution in [0.25, 0.3) is 0 Å². The van der Waals surface area contributed by atoms with Crippen LogP contribution in [0.3, 0.4) is 0 Å². The van der Waals surface area contributed by atoms with E-state index < -0.39 is 0 Å². The summed E-state index contributed by atoms with van der Waals surface area (Å²) in [6.07, 6.45) is 1.13. The Morgan fingerprint density at radius 2 is 1.26 bits per heavy atom. The van der Waals surface area contributed by atoms with Gasteiger partial charge in [-0.3, -0.25) is 0 Å². The van der Waals surface area contributed by atoms with E-state index in [9.17, 15) is 0 Å². The van der Waals surface area contributed by atoms with Crippen LogP contribution < -0.4 is 0 Å². The van der Waals surface area contributed by atoms with E-state index in [1.807, 2.05) is 0 Å². The number of hydrogen-bond acceptors (Lipinski definition) is 0. The fourth-order valence-electron chi connectivity index (χ4n) is 2.75. The molecule has 0 heteroatoms. The lowest BCUT2D eigenvalue weighted by Crippen LogP contribution is -2.23. The van der Waals surface area contributed by atoms with E-state index >= 15 is 0 Å². The van der Waals surface area contributed by atoms with Gasteiger partial charge in [0.25, 0.3) is 0 Å². The van der Waals surface area contributed by atoms with Gasteiger partial charge in [0.15, 0.2) is 0 Å². The van der Waals surface area contributed by atoms with Gasteiger partial charge in [0.05, 0.1) is 0 Å². The fourth-order valence-corrected chi connectivity index (χ4v) is 2.75. The number of hydrogen-bond donors (Lipinski definition) is 0. The summed E-state index contributed by atoms with van der Waals surface area (Å²) in [6.45, 7) is 20.8. The molecule has 0 spiro atoms. The maximum atomic E-state index is 2.48. The first-order chi connectivity index (χ1) is 8.48. The summed E-state index contributed by atoms with van der Waals surface area (Å²) >= 11 is 0. The first-order valence-electron chi connectivity index (χ1n) is 7.66. The summed E-state index contributed by atoms with van der Waals surface area (Å²) in [5, 5.41) is 0. The first-order valence-corrected chi connectivity index (χ1v) is 7.66. The second kappa shape index (κ2) is 5.31. The van der Waals surface area contributed by atoms with Crippen LogP contribution in [0.1, 0.15) is 90.5 Å². The largest absolute Gasteiger partial charge is 0.0613 e. The maximum absolute atomic E-state index is 2.48. The molecule has 0 bridgehead atoms. The molecule has 1 aromatic carbocycles. The third-order valence-corrected chi connectivity index (χ3v) is 3.90. The average molecular weight is 260 g/mol. The number of rotatable bonds is 2. The molecular weight excluding hydrogens is 228 g/mol. The molecule has 0 aromatic heterocycles. The van der Waals surface area contributed by atoms with Crippen LogP contribution >= 0.6 is 0 Å². The van der Waals surface area contributed by atoms with Crippen LogP contribution in [0.2, 0.25) is 0 Å². The molecule has 1 rings (SSSR count). The summed E-state index contributed by atoms with van der Waals surface area (Å²) in [5.41, 5.74) is 6.50. The number of aryl methyl sites for hydroxylation is 1. The van der Waals surface area contributed by atoms with Crippen molar-refractivity contribution >= 4 is 0 Å². The molecule has 0 unspecified atom stereocenters. The topological polar surface area (TPSA) is 0 Å². The molecule has 19 heavy (non-hydrogen) atoms. The van der Waals surface area contributed by atoms with Crippen LogP contribution in [0, 0.1) is 0 Å². The minimum absolute atomic E-state index is 0.207. The Bertz CT molecular complexity index is 436. The van der Waals surface area contributed by atoms with Crippen molar-refractivity contribution in [2.24, 2.45) is 0 Å². The van der Waals surface area contributed by atoms with Gasteiger partial charge >= 0.3 is 0 Å². The Hall–Kier alpha value is -0.780. The molecular formula is C19H32. The lowest BCUT2D eigenvalue weighted by atomic mass is 9.73. The Morgan fingerprint density at radius 1 is 0.842 bits per heavy atom. The highest BCUT2D eigenvalue weighted by Gasteiger charge is 2.26. The molecule has 1 aromatic rings. The fraction of sp³-hybridized carbons (Fsp3) is 0.684. The third-order valence-electron chi connectivity index (χ3n) is 3.90. The molecule has 0 atom stereocenters. The van der Waals surface area contributed by atoms with Crippen LogP contribution in [-0.2, 0) is 17.3 Å². The molecule has 0 heterocycles. The standard InChI is InChI=1S/C19H32/c1-10-14-11-16(18(4,5)6)17(19(7,8)9)12-15(14)13(2)3/h11-13H,10H2,1-9H3. The van der Waals surface area contributed by atoms with Gasteiger partial charge in [-0.2, -0.15) is 0 Å². The number of benzene rings is 1. The minimum atomic E-state index is 0.207.